The molecule has 126 valence electrons. The molecule has 1 aliphatic carbocycles. The summed E-state index contributed by atoms with van der Waals surface area (Å²) in [6, 6.07) is 17.4. The molecular formula is C24H25N. The van der Waals surface area contributed by atoms with Gasteiger partial charge < -0.3 is 5.73 Å². The zero-order chi connectivity index (χ0) is 17.6. The fourth-order valence-electron chi connectivity index (χ4n) is 2.90. The van der Waals surface area contributed by atoms with Gasteiger partial charge in [0, 0.05) is 5.70 Å². The summed E-state index contributed by atoms with van der Waals surface area (Å²) >= 11 is 0. The van der Waals surface area contributed by atoms with Crippen molar-refractivity contribution in [3.63, 3.8) is 0 Å². The molecular weight excluding hydrogens is 302 g/mol. The van der Waals surface area contributed by atoms with Gasteiger partial charge in [0.05, 0.1) is 0 Å². The van der Waals surface area contributed by atoms with Crippen LogP contribution in [0, 0.1) is 13.8 Å². The van der Waals surface area contributed by atoms with Gasteiger partial charge in [-0.1, -0.05) is 84.0 Å². The van der Waals surface area contributed by atoms with Gasteiger partial charge in [-0.05, 0) is 55.0 Å². The molecule has 0 spiro atoms. The van der Waals surface area contributed by atoms with Gasteiger partial charge in [0.15, 0.2) is 0 Å². The summed E-state index contributed by atoms with van der Waals surface area (Å²) in [5.41, 5.74) is 14.4. The first-order valence-corrected chi connectivity index (χ1v) is 8.79. The van der Waals surface area contributed by atoms with Crippen LogP contribution in [0.15, 0.2) is 90.2 Å². The smallest absolute Gasteiger partial charge is 0.00838 e. The number of aryl methyl sites for hydroxylation is 2. The van der Waals surface area contributed by atoms with Crippen molar-refractivity contribution in [3.05, 3.63) is 112 Å². The van der Waals surface area contributed by atoms with Crippen molar-refractivity contribution >= 4 is 5.57 Å². The summed E-state index contributed by atoms with van der Waals surface area (Å²) < 4.78 is 0. The maximum Gasteiger partial charge on any atom is 0.00838 e. The van der Waals surface area contributed by atoms with Crippen LogP contribution in [0.2, 0.25) is 0 Å². The average Bonchev–Trinajstić information content (AvgIpc) is 2.62. The summed E-state index contributed by atoms with van der Waals surface area (Å²) in [5, 5.41) is 0. The maximum absolute atomic E-state index is 5.83. The quantitative estimate of drug-likeness (QED) is 0.700. The Morgan fingerprint density at radius 2 is 1.36 bits per heavy atom. The first-order valence-electron chi connectivity index (χ1n) is 8.79. The molecule has 0 fully saturated rings. The van der Waals surface area contributed by atoms with Gasteiger partial charge in [0.1, 0.15) is 0 Å². The lowest BCUT2D eigenvalue weighted by atomic mass is 9.95. The number of allylic oxidation sites excluding steroid dienone is 7. The first-order chi connectivity index (χ1) is 12.1. The largest absolute Gasteiger partial charge is 0.402 e. The van der Waals surface area contributed by atoms with Crippen LogP contribution < -0.4 is 5.73 Å². The van der Waals surface area contributed by atoms with E-state index in [1.165, 1.54) is 33.4 Å². The van der Waals surface area contributed by atoms with Gasteiger partial charge in [0.25, 0.3) is 0 Å². The molecule has 0 amide bonds. The third kappa shape index (κ3) is 4.60. The fraction of sp³-hybridized carbons (Fsp3) is 0.167. The highest BCUT2D eigenvalue weighted by Gasteiger charge is 2.04. The van der Waals surface area contributed by atoms with Crippen molar-refractivity contribution in [1.29, 1.82) is 0 Å². The SMILES string of the molecule is Cc1ccc(C(=CC=CC2=CC=C(N)CC2)c2ccc(C)cc2)cc1. The van der Waals surface area contributed by atoms with E-state index in [1.807, 2.05) is 6.08 Å². The molecule has 1 aliphatic rings. The van der Waals surface area contributed by atoms with Gasteiger partial charge in [0.2, 0.25) is 0 Å². The minimum absolute atomic E-state index is 0.947. The summed E-state index contributed by atoms with van der Waals surface area (Å²) in [5.74, 6) is 0. The molecule has 0 saturated carbocycles. The summed E-state index contributed by atoms with van der Waals surface area (Å²) in [6.45, 7) is 4.24. The van der Waals surface area contributed by atoms with Crippen LogP contribution in [0.25, 0.3) is 5.57 Å². The summed E-state index contributed by atoms with van der Waals surface area (Å²) in [4.78, 5) is 0. The Morgan fingerprint density at radius 3 is 1.84 bits per heavy atom. The Labute approximate surface area is 150 Å². The molecule has 0 saturated heterocycles. The predicted octanol–water partition coefficient (Wildman–Crippen LogP) is 5.85. The van der Waals surface area contributed by atoms with E-state index in [4.69, 9.17) is 5.73 Å². The number of hydrogen-bond acceptors (Lipinski definition) is 1. The van der Waals surface area contributed by atoms with E-state index in [0.717, 1.165) is 18.5 Å². The highest BCUT2D eigenvalue weighted by molar-refractivity contribution is 5.81. The van der Waals surface area contributed by atoms with Crippen LogP contribution in [-0.4, -0.2) is 0 Å². The molecule has 0 atom stereocenters. The van der Waals surface area contributed by atoms with Gasteiger partial charge in [-0.15, -0.1) is 0 Å². The first kappa shape index (κ1) is 17.0. The molecule has 1 nitrogen and oxygen atoms in total. The zero-order valence-corrected chi connectivity index (χ0v) is 15.0. The van der Waals surface area contributed by atoms with E-state index >= 15 is 0 Å². The maximum atomic E-state index is 5.83. The monoisotopic (exact) mass is 327 g/mol. The number of benzene rings is 2. The molecule has 0 heterocycles. The lowest BCUT2D eigenvalue weighted by molar-refractivity contribution is 0.913. The Morgan fingerprint density at radius 1 is 0.800 bits per heavy atom. The molecule has 0 aromatic heterocycles. The van der Waals surface area contributed by atoms with E-state index in [-0.39, 0.29) is 0 Å². The normalized spacial score (nSPS) is 14.2. The highest BCUT2D eigenvalue weighted by atomic mass is 14.6. The Bertz CT molecular complexity index is 796. The van der Waals surface area contributed by atoms with Crippen molar-refractivity contribution < 1.29 is 0 Å². The van der Waals surface area contributed by atoms with E-state index < -0.39 is 0 Å². The lowest BCUT2D eigenvalue weighted by Crippen LogP contribution is -2.00. The van der Waals surface area contributed by atoms with E-state index in [0.29, 0.717) is 0 Å². The molecule has 3 rings (SSSR count). The van der Waals surface area contributed by atoms with E-state index in [9.17, 15) is 0 Å². The molecule has 0 bridgehead atoms. The molecule has 0 unspecified atom stereocenters. The van der Waals surface area contributed by atoms with Gasteiger partial charge in [-0.3, -0.25) is 0 Å². The minimum atomic E-state index is 0.947. The molecule has 2 N–H and O–H groups in total. The molecule has 0 radical (unpaired) electrons. The highest BCUT2D eigenvalue weighted by Crippen LogP contribution is 2.25. The third-order valence-electron chi connectivity index (χ3n) is 4.51. The van der Waals surface area contributed by atoms with Crippen molar-refractivity contribution in [2.24, 2.45) is 5.73 Å². The van der Waals surface area contributed by atoms with Crippen molar-refractivity contribution in [2.75, 3.05) is 0 Å². The van der Waals surface area contributed by atoms with Crippen LogP contribution >= 0.6 is 0 Å². The van der Waals surface area contributed by atoms with Crippen LogP contribution in [0.5, 0.6) is 0 Å². The number of hydrogen-bond donors (Lipinski definition) is 1. The molecule has 25 heavy (non-hydrogen) atoms. The van der Waals surface area contributed by atoms with E-state index in [2.05, 4.69) is 86.7 Å². The van der Waals surface area contributed by atoms with Crippen LogP contribution in [0.1, 0.15) is 35.1 Å². The standard InChI is InChI=1S/C24H25N/c1-18-6-12-21(13-7-18)24(22-14-8-19(2)9-15-22)5-3-4-20-10-16-23(25)17-11-20/h3-10,12-16H,11,17,25H2,1-2H3. The molecule has 0 aliphatic heterocycles. The second-order valence-electron chi connectivity index (χ2n) is 6.65. The van der Waals surface area contributed by atoms with Gasteiger partial charge in [-0.2, -0.15) is 0 Å². The summed E-state index contributed by atoms with van der Waals surface area (Å²) in [7, 11) is 0. The second-order valence-corrected chi connectivity index (χ2v) is 6.65. The van der Waals surface area contributed by atoms with Crippen LogP contribution in [0.4, 0.5) is 0 Å². The number of rotatable bonds is 4. The van der Waals surface area contributed by atoms with Gasteiger partial charge in [-0.25, -0.2) is 0 Å². The topological polar surface area (TPSA) is 26.0 Å². The fourth-order valence-corrected chi connectivity index (χ4v) is 2.90. The van der Waals surface area contributed by atoms with Crippen LogP contribution in [-0.2, 0) is 0 Å². The average molecular weight is 327 g/mol. The Hall–Kier alpha value is -2.80. The minimum Gasteiger partial charge on any atom is -0.402 e. The zero-order valence-electron chi connectivity index (χ0n) is 15.0. The molecule has 2 aromatic carbocycles. The van der Waals surface area contributed by atoms with Crippen LogP contribution in [0.3, 0.4) is 0 Å². The third-order valence-corrected chi connectivity index (χ3v) is 4.51. The molecule has 1 heteroatoms. The van der Waals surface area contributed by atoms with E-state index in [1.54, 1.807) is 0 Å². The second kappa shape index (κ2) is 7.85. The Balaban J connectivity index is 1.93. The molecule has 2 aromatic rings. The predicted molar refractivity (Wildman–Crippen MR) is 108 cm³/mol. The lowest BCUT2D eigenvalue weighted by Gasteiger charge is -2.10. The van der Waals surface area contributed by atoms with Crippen molar-refractivity contribution in [1.82, 2.24) is 0 Å². The Kier molecular flexibility index (Phi) is 5.35. The van der Waals surface area contributed by atoms with Gasteiger partial charge >= 0.3 is 0 Å². The number of nitrogens with two attached hydrogens (primary N) is 1. The van der Waals surface area contributed by atoms with Crippen molar-refractivity contribution in [2.45, 2.75) is 26.7 Å². The van der Waals surface area contributed by atoms with Crippen molar-refractivity contribution in [3.8, 4) is 0 Å². The summed E-state index contributed by atoms with van der Waals surface area (Å²) in [6.07, 6.45) is 12.6.